The van der Waals surface area contributed by atoms with Crippen molar-refractivity contribution in [3.63, 3.8) is 0 Å². The molecule has 0 aromatic carbocycles. The molecule has 1 rings (SSSR count). The average Bonchev–Trinajstić information content (AvgIpc) is 2.36. The zero-order valence-corrected chi connectivity index (χ0v) is 10.2. The van der Waals surface area contributed by atoms with Crippen LogP contribution in [0.5, 0.6) is 0 Å². The summed E-state index contributed by atoms with van der Waals surface area (Å²) in [6.07, 6.45) is 7.41. The van der Waals surface area contributed by atoms with Crippen molar-refractivity contribution < 1.29 is 0 Å². The van der Waals surface area contributed by atoms with Gasteiger partial charge >= 0.3 is 0 Å². The predicted octanol–water partition coefficient (Wildman–Crippen LogP) is 1.98. The van der Waals surface area contributed by atoms with E-state index in [1.54, 1.807) is 30.4 Å². The van der Waals surface area contributed by atoms with E-state index >= 15 is 0 Å². The highest BCUT2D eigenvalue weighted by molar-refractivity contribution is 7.99. The van der Waals surface area contributed by atoms with Crippen LogP contribution >= 0.6 is 11.8 Å². The van der Waals surface area contributed by atoms with Gasteiger partial charge in [-0.1, -0.05) is 6.92 Å². The lowest BCUT2D eigenvalue weighted by Crippen LogP contribution is -2.37. The Balaban J connectivity index is 2.25. The summed E-state index contributed by atoms with van der Waals surface area (Å²) in [5.41, 5.74) is 5.21. The molecule has 1 aromatic heterocycles. The van der Waals surface area contributed by atoms with Gasteiger partial charge in [0.25, 0.3) is 0 Å². The first-order valence-electron chi connectivity index (χ1n) is 5.29. The smallest absolute Gasteiger partial charge is 0.114 e. The van der Waals surface area contributed by atoms with Crippen LogP contribution in [0, 0.1) is 11.3 Å². The Hall–Kier alpha value is -1.12. The lowest BCUT2D eigenvalue weighted by Gasteiger charge is -2.18. The number of hydrogen-bond acceptors (Lipinski definition) is 5. The largest absolute Gasteiger partial charge is 0.313 e. The molecule has 0 radical (unpaired) electrons. The van der Waals surface area contributed by atoms with E-state index in [2.05, 4.69) is 16.0 Å². The van der Waals surface area contributed by atoms with Gasteiger partial charge < -0.3 is 5.73 Å². The summed E-state index contributed by atoms with van der Waals surface area (Å²) in [5.74, 6) is 0.916. The third-order valence-corrected chi connectivity index (χ3v) is 3.41. The summed E-state index contributed by atoms with van der Waals surface area (Å²) in [5, 5.41) is 9.81. The molecule has 5 heteroatoms. The molecule has 1 aromatic rings. The first-order chi connectivity index (χ1) is 7.70. The molecule has 0 aliphatic carbocycles. The highest BCUT2D eigenvalue weighted by Gasteiger charge is 2.20. The van der Waals surface area contributed by atoms with Crippen LogP contribution in [0.4, 0.5) is 0 Å². The van der Waals surface area contributed by atoms with Gasteiger partial charge in [0.05, 0.1) is 12.3 Å². The van der Waals surface area contributed by atoms with Crippen LogP contribution in [0.3, 0.4) is 0 Å². The average molecular weight is 236 g/mol. The molecule has 1 unspecified atom stereocenters. The number of hydrogen-bond donors (Lipinski definition) is 1. The van der Waals surface area contributed by atoms with Crippen molar-refractivity contribution in [2.75, 3.05) is 5.75 Å². The summed E-state index contributed by atoms with van der Waals surface area (Å²) in [4.78, 5) is 8.14. The third-order valence-electron chi connectivity index (χ3n) is 2.41. The summed E-state index contributed by atoms with van der Waals surface area (Å²) in [7, 11) is 0. The molecule has 0 fully saturated rings. The number of nitrogens with zero attached hydrogens (tertiary/aromatic N) is 3. The van der Waals surface area contributed by atoms with Gasteiger partial charge in [-0.2, -0.15) is 5.26 Å². The molecule has 1 atom stereocenters. The summed E-state index contributed by atoms with van der Waals surface area (Å²) in [6.45, 7) is 1.94. The minimum atomic E-state index is -0.664. The van der Waals surface area contributed by atoms with Crippen molar-refractivity contribution in [3.8, 4) is 6.07 Å². The second-order valence-electron chi connectivity index (χ2n) is 3.62. The topological polar surface area (TPSA) is 75.6 Å². The summed E-state index contributed by atoms with van der Waals surface area (Å²) >= 11 is 1.64. The Labute approximate surface area is 100 Å². The molecule has 86 valence electrons. The number of nitriles is 1. The standard InChI is InChI=1S/C11H16N4S/c1-2-11(13,9-12)4-3-7-16-10-8-14-5-6-15-10/h5-6,8H,2-4,7,13H2,1H3. The van der Waals surface area contributed by atoms with E-state index in [1.807, 2.05) is 6.92 Å². The Bertz CT molecular complexity index is 349. The van der Waals surface area contributed by atoms with Crippen LogP contribution in [-0.4, -0.2) is 21.3 Å². The summed E-state index contributed by atoms with van der Waals surface area (Å²) in [6, 6.07) is 2.17. The van der Waals surface area contributed by atoms with Gasteiger partial charge in [-0.25, -0.2) is 4.98 Å². The zero-order valence-electron chi connectivity index (χ0n) is 9.39. The van der Waals surface area contributed by atoms with Crippen molar-refractivity contribution >= 4 is 11.8 Å². The molecule has 0 amide bonds. The van der Waals surface area contributed by atoms with Gasteiger partial charge in [0, 0.05) is 12.4 Å². The lowest BCUT2D eigenvalue weighted by molar-refractivity contribution is 0.478. The number of rotatable bonds is 6. The molecule has 0 saturated carbocycles. The van der Waals surface area contributed by atoms with E-state index in [0.29, 0.717) is 6.42 Å². The Kier molecular flexibility index (Phi) is 5.23. The zero-order chi connectivity index (χ0) is 11.9. The number of aromatic nitrogens is 2. The SMILES string of the molecule is CCC(N)(C#N)CCCSc1cnccn1. The van der Waals surface area contributed by atoms with Gasteiger partial charge in [-0.15, -0.1) is 11.8 Å². The van der Waals surface area contributed by atoms with E-state index < -0.39 is 5.54 Å². The van der Waals surface area contributed by atoms with Crippen molar-refractivity contribution in [1.82, 2.24) is 9.97 Å². The van der Waals surface area contributed by atoms with Gasteiger partial charge in [0.1, 0.15) is 10.6 Å². The van der Waals surface area contributed by atoms with Crippen molar-refractivity contribution in [3.05, 3.63) is 18.6 Å². The molecule has 16 heavy (non-hydrogen) atoms. The van der Waals surface area contributed by atoms with Crippen LogP contribution in [0.25, 0.3) is 0 Å². The first kappa shape index (κ1) is 12.9. The predicted molar refractivity (Wildman–Crippen MR) is 64.8 cm³/mol. The Morgan fingerprint density at radius 1 is 1.56 bits per heavy atom. The van der Waals surface area contributed by atoms with Gasteiger partial charge in [0.15, 0.2) is 0 Å². The molecule has 0 spiro atoms. The Morgan fingerprint density at radius 2 is 2.38 bits per heavy atom. The highest BCUT2D eigenvalue weighted by atomic mass is 32.2. The first-order valence-corrected chi connectivity index (χ1v) is 6.28. The van der Waals surface area contributed by atoms with E-state index in [1.165, 1.54) is 0 Å². The second kappa shape index (κ2) is 6.46. The molecule has 0 aliphatic heterocycles. The third kappa shape index (κ3) is 4.17. The molecule has 0 aliphatic rings. The van der Waals surface area contributed by atoms with Gasteiger partial charge in [-0.3, -0.25) is 4.98 Å². The number of nitrogens with two attached hydrogens (primary N) is 1. The second-order valence-corrected chi connectivity index (χ2v) is 4.73. The fraction of sp³-hybridized carbons (Fsp3) is 0.545. The molecular weight excluding hydrogens is 220 g/mol. The molecular formula is C11H16N4S. The molecule has 4 nitrogen and oxygen atoms in total. The van der Waals surface area contributed by atoms with Crippen LogP contribution in [-0.2, 0) is 0 Å². The van der Waals surface area contributed by atoms with E-state index in [4.69, 9.17) is 11.0 Å². The van der Waals surface area contributed by atoms with Gasteiger partial charge in [-0.05, 0) is 25.0 Å². The summed E-state index contributed by atoms with van der Waals surface area (Å²) < 4.78 is 0. The monoisotopic (exact) mass is 236 g/mol. The maximum Gasteiger partial charge on any atom is 0.114 e. The number of thioether (sulfide) groups is 1. The maximum atomic E-state index is 8.90. The molecule has 0 bridgehead atoms. The van der Waals surface area contributed by atoms with Crippen LogP contribution < -0.4 is 5.73 Å². The fourth-order valence-electron chi connectivity index (χ4n) is 1.24. The highest BCUT2D eigenvalue weighted by Crippen LogP contribution is 2.19. The van der Waals surface area contributed by atoms with Crippen molar-refractivity contribution in [2.24, 2.45) is 5.73 Å². The van der Waals surface area contributed by atoms with E-state index in [9.17, 15) is 0 Å². The fourth-order valence-corrected chi connectivity index (χ4v) is 2.00. The van der Waals surface area contributed by atoms with E-state index in [0.717, 1.165) is 23.6 Å². The van der Waals surface area contributed by atoms with Crippen LogP contribution in [0.1, 0.15) is 26.2 Å². The normalized spacial score (nSPS) is 14.1. The molecule has 1 heterocycles. The van der Waals surface area contributed by atoms with Crippen molar-refractivity contribution in [1.29, 1.82) is 5.26 Å². The van der Waals surface area contributed by atoms with Gasteiger partial charge in [0.2, 0.25) is 0 Å². The maximum absolute atomic E-state index is 8.90. The van der Waals surface area contributed by atoms with Crippen LogP contribution in [0.2, 0.25) is 0 Å². The molecule has 2 N–H and O–H groups in total. The minimum Gasteiger partial charge on any atom is -0.313 e. The quantitative estimate of drug-likeness (QED) is 0.603. The minimum absolute atomic E-state index is 0.664. The molecule has 0 saturated heterocycles. The lowest BCUT2D eigenvalue weighted by atomic mass is 9.94. The Morgan fingerprint density at radius 3 is 2.94 bits per heavy atom. The van der Waals surface area contributed by atoms with E-state index in [-0.39, 0.29) is 0 Å². The van der Waals surface area contributed by atoms with Crippen LogP contribution in [0.15, 0.2) is 23.6 Å². The van der Waals surface area contributed by atoms with Crippen molar-refractivity contribution in [2.45, 2.75) is 36.8 Å².